The average molecular weight is 261 g/mol. The highest BCUT2D eigenvalue weighted by molar-refractivity contribution is 5.94. The van der Waals surface area contributed by atoms with Gasteiger partial charge < -0.3 is 10.4 Å². The summed E-state index contributed by atoms with van der Waals surface area (Å²) < 4.78 is 0. The Kier molecular flexibility index (Phi) is 4.59. The molecule has 104 valence electrons. The maximum atomic E-state index is 12.2. The number of carbonyl (C=O) groups is 1. The van der Waals surface area contributed by atoms with Gasteiger partial charge in [-0.3, -0.25) is 4.79 Å². The van der Waals surface area contributed by atoms with Gasteiger partial charge >= 0.3 is 0 Å². The molecule has 0 aromatic heterocycles. The smallest absolute Gasteiger partial charge is 0.251 e. The second-order valence-electron chi connectivity index (χ2n) is 5.70. The molecule has 0 unspecified atom stereocenters. The summed E-state index contributed by atoms with van der Waals surface area (Å²) in [5.74, 6) is 0.146. The maximum absolute atomic E-state index is 12.2. The van der Waals surface area contributed by atoms with Crippen molar-refractivity contribution >= 4 is 5.91 Å². The second-order valence-corrected chi connectivity index (χ2v) is 5.70. The van der Waals surface area contributed by atoms with Crippen molar-refractivity contribution in [2.24, 2.45) is 5.92 Å². The number of rotatable bonds is 4. The van der Waals surface area contributed by atoms with Crippen LogP contribution in [-0.2, 0) is 12.8 Å². The highest BCUT2D eigenvalue weighted by atomic mass is 16.3. The van der Waals surface area contributed by atoms with Gasteiger partial charge in [0, 0.05) is 5.56 Å². The van der Waals surface area contributed by atoms with Crippen LogP contribution >= 0.6 is 0 Å². The SMILES string of the molecule is CC(C)[C@@H](CO)NC(=O)c1ccc2c(c1)CCCC2. The van der Waals surface area contributed by atoms with Gasteiger partial charge in [0.05, 0.1) is 12.6 Å². The Hall–Kier alpha value is -1.35. The molecule has 3 heteroatoms. The summed E-state index contributed by atoms with van der Waals surface area (Å²) in [7, 11) is 0. The van der Waals surface area contributed by atoms with E-state index >= 15 is 0 Å². The number of aliphatic hydroxyl groups excluding tert-OH is 1. The van der Waals surface area contributed by atoms with E-state index in [2.05, 4.69) is 11.4 Å². The standard InChI is InChI=1S/C16H23NO2/c1-11(2)15(10-18)17-16(19)14-8-7-12-5-3-4-6-13(12)9-14/h7-9,11,15,18H,3-6,10H2,1-2H3,(H,17,19)/t15-/m1/s1. The van der Waals surface area contributed by atoms with Crippen LogP contribution in [0.15, 0.2) is 18.2 Å². The Bertz CT molecular complexity index is 454. The minimum atomic E-state index is -0.177. The van der Waals surface area contributed by atoms with Crippen LogP contribution in [0.3, 0.4) is 0 Å². The molecule has 0 bridgehead atoms. The van der Waals surface area contributed by atoms with Crippen molar-refractivity contribution < 1.29 is 9.90 Å². The number of carbonyl (C=O) groups excluding carboxylic acids is 1. The summed E-state index contributed by atoms with van der Waals surface area (Å²) in [5, 5.41) is 12.2. The lowest BCUT2D eigenvalue weighted by atomic mass is 9.90. The van der Waals surface area contributed by atoms with Gasteiger partial charge in [-0.15, -0.1) is 0 Å². The van der Waals surface area contributed by atoms with E-state index in [9.17, 15) is 9.90 Å². The van der Waals surface area contributed by atoms with Gasteiger partial charge in [0.2, 0.25) is 0 Å². The predicted molar refractivity (Wildman–Crippen MR) is 76.3 cm³/mol. The molecule has 1 aromatic carbocycles. The fourth-order valence-corrected chi connectivity index (χ4v) is 2.55. The van der Waals surface area contributed by atoms with Crippen molar-refractivity contribution in [3.63, 3.8) is 0 Å². The monoisotopic (exact) mass is 261 g/mol. The van der Waals surface area contributed by atoms with Gasteiger partial charge in [-0.05, 0) is 54.9 Å². The third kappa shape index (κ3) is 3.35. The normalized spacial score (nSPS) is 16.0. The van der Waals surface area contributed by atoms with E-state index in [4.69, 9.17) is 0 Å². The second kappa shape index (κ2) is 6.20. The molecule has 1 atom stereocenters. The van der Waals surface area contributed by atoms with Gasteiger partial charge in [0.25, 0.3) is 5.91 Å². The summed E-state index contributed by atoms with van der Waals surface area (Å²) in [6, 6.07) is 5.81. The van der Waals surface area contributed by atoms with Gasteiger partial charge in [-0.1, -0.05) is 19.9 Å². The average Bonchev–Trinajstić information content (AvgIpc) is 2.43. The molecule has 2 rings (SSSR count). The number of hydrogen-bond donors (Lipinski definition) is 2. The Morgan fingerprint density at radius 3 is 2.58 bits per heavy atom. The van der Waals surface area contributed by atoms with Crippen molar-refractivity contribution in [2.75, 3.05) is 6.61 Å². The minimum absolute atomic E-state index is 0.0195. The number of benzene rings is 1. The molecular formula is C16H23NO2. The molecule has 1 amide bonds. The van der Waals surface area contributed by atoms with Crippen LogP contribution < -0.4 is 5.32 Å². The number of hydrogen-bond acceptors (Lipinski definition) is 2. The molecular weight excluding hydrogens is 238 g/mol. The molecule has 0 aliphatic heterocycles. The molecule has 0 spiro atoms. The number of amides is 1. The maximum Gasteiger partial charge on any atom is 0.251 e. The largest absolute Gasteiger partial charge is 0.394 e. The lowest BCUT2D eigenvalue weighted by Crippen LogP contribution is -2.41. The third-order valence-electron chi connectivity index (χ3n) is 3.93. The van der Waals surface area contributed by atoms with Crippen LogP contribution in [0.4, 0.5) is 0 Å². The summed E-state index contributed by atoms with van der Waals surface area (Å²) in [5.41, 5.74) is 3.40. The Morgan fingerprint density at radius 2 is 1.95 bits per heavy atom. The van der Waals surface area contributed by atoms with Crippen LogP contribution in [0.2, 0.25) is 0 Å². The first-order valence-electron chi connectivity index (χ1n) is 7.15. The number of aryl methyl sites for hydroxylation is 2. The summed E-state index contributed by atoms with van der Waals surface area (Å²) in [6.45, 7) is 3.97. The first-order chi connectivity index (χ1) is 9.11. The Labute approximate surface area is 115 Å². The molecule has 0 saturated heterocycles. The van der Waals surface area contributed by atoms with Crippen LogP contribution in [0, 0.1) is 5.92 Å². The first kappa shape index (κ1) is 14.1. The van der Waals surface area contributed by atoms with Crippen LogP contribution in [0.5, 0.6) is 0 Å². The van der Waals surface area contributed by atoms with E-state index in [1.807, 2.05) is 26.0 Å². The molecule has 0 saturated carbocycles. The van der Waals surface area contributed by atoms with Crippen molar-refractivity contribution in [1.82, 2.24) is 5.32 Å². The molecule has 0 radical (unpaired) electrons. The number of fused-ring (bicyclic) bond motifs is 1. The highest BCUT2D eigenvalue weighted by Gasteiger charge is 2.17. The quantitative estimate of drug-likeness (QED) is 0.874. The molecule has 1 aliphatic carbocycles. The molecule has 0 heterocycles. The molecule has 2 N–H and O–H groups in total. The Morgan fingerprint density at radius 1 is 1.26 bits per heavy atom. The van der Waals surface area contributed by atoms with E-state index in [1.165, 1.54) is 24.0 Å². The zero-order valence-electron chi connectivity index (χ0n) is 11.8. The minimum Gasteiger partial charge on any atom is -0.394 e. The van der Waals surface area contributed by atoms with Gasteiger partial charge in [-0.25, -0.2) is 0 Å². The highest BCUT2D eigenvalue weighted by Crippen LogP contribution is 2.22. The van der Waals surface area contributed by atoms with E-state index in [1.54, 1.807) is 0 Å². The van der Waals surface area contributed by atoms with E-state index in [-0.39, 0.29) is 24.5 Å². The van der Waals surface area contributed by atoms with E-state index < -0.39 is 0 Å². The third-order valence-corrected chi connectivity index (χ3v) is 3.93. The predicted octanol–water partition coefficient (Wildman–Crippen LogP) is 2.31. The molecule has 0 fully saturated rings. The van der Waals surface area contributed by atoms with Crippen molar-refractivity contribution in [1.29, 1.82) is 0 Å². The first-order valence-corrected chi connectivity index (χ1v) is 7.15. The zero-order chi connectivity index (χ0) is 13.8. The molecule has 1 aliphatic rings. The number of nitrogens with one attached hydrogen (secondary N) is 1. The van der Waals surface area contributed by atoms with E-state index in [0.717, 1.165) is 12.8 Å². The summed E-state index contributed by atoms with van der Waals surface area (Å²) >= 11 is 0. The lowest BCUT2D eigenvalue weighted by molar-refractivity contribution is 0.0896. The fraction of sp³-hybridized carbons (Fsp3) is 0.562. The summed E-state index contributed by atoms with van der Waals surface area (Å²) in [6.07, 6.45) is 4.66. The van der Waals surface area contributed by atoms with Crippen LogP contribution in [0.1, 0.15) is 48.2 Å². The van der Waals surface area contributed by atoms with Gasteiger partial charge in [0.1, 0.15) is 0 Å². The lowest BCUT2D eigenvalue weighted by Gasteiger charge is -2.21. The molecule has 3 nitrogen and oxygen atoms in total. The topological polar surface area (TPSA) is 49.3 Å². The van der Waals surface area contributed by atoms with Crippen LogP contribution in [0.25, 0.3) is 0 Å². The molecule has 1 aromatic rings. The van der Waals surface area contributed by atoms with Crippen molar-refractivity contribution in [3.05, 3.63) is 34.9 Å². The fourth-order valence-electron chi connectivity index (χ4n) is 2.55. The van der Waals surface area contributed by atoms with Crippen LogP contribution in [-0.4, -0.2) is 23.7 Å². The van der Waals surface area contributed by atoms with Gasteiger partial charge in [0.15, 0.2) is 0 Å². The number of aliphatic hydroxyl groups is 1. The van der Waals surface area contributed by atoms with Crippen molar-refractivity contribution in [2.45, 2.75) is 45.6 Å². The zero-order valence-corrected chi connectivity index (χ0v) is 11.8. The summed E-state index contributed by atoms with van der Waals surface area (Å²) in [4.78, 5) is 12.2. The van der Waals surface area contributed by atoms with Crippen molar-refractivity contribution in [3.8, 4) is 0 Å². The van der Waals surface area contributed by atoms with Gasteiger partial charge in [-0.2, -0.15) is 0 Å². The Balaban J connectivity index is 2.11. The molecule has 19 heavy (non-hydrogen) atoms. The van der Waals surface area contributed by atoms with E-state index in [0.29, 0.717) is 5.56 Å².